The van der Waals surface area contributed by atoms with Crippen molar-refractivity contribution in [3.8, 4) is 5.75 Å². The van der Waals surface area contributed by atoms with E-state index in [4.69, 9.17) is 4.74 Å². The van der Waals surface area contributed by atoms with E-state index in [-0.39, 0.29) is 24.7 Å². The van der Waals surface area contributed by atoms with E-state index >= 15 is 0 Å². The summed E-state index contributed by atoms with van der Waals surface area (Å²) in [5.74, 6) is -0.0827. The number of hydrogen-bond donors (Lipinski definition) is 3. The molecule has 28 heavy (non-hydrogen) atoms. The van der Waals surface area contributed by atoms with Gasteiger partial charge in [0.15, 0.2) is 5.78 Å². The lowest BCUT2D eigenvalue weighted by Gasteiger charge is -2.27. The molecule has 1 heterocycles. The number of ketones is 1. The Labute approximate surface area is 165 Å². The molecular formula is C19H30N4O5. The molecule has 9 nitrogen and oxygen atoms in total. The highest BCUT2D eigenvalue weighted by Crippen LogP contribution is 2.17. The van der Waals surface area contributed by atoms with Gasteiger partial charge in [0.2, 0.25) is 6.41 Å². The molecule has 0 saturated carbocycles. The maximum Gasteiger partial charge on any atom is 0.320 e. The highest BCUT2D eigenvalue weighted by atomic mass is 16.5. The molecule has 0 fully saturated rings. The van der Waals surface area contributed by atoms with E-state index < -0.39 is 18.0 Å². The number of unbranched alkanes of at least 4 members (excludes halogenated alkanes) is 1. The first-order valence-electron chi connectivity index (χ1n) is 9.34. The highest BCUT2D eigenvalue weighted by Gasteiger charge is 2.31. The lowest BCUT2D eigenvalue weighted by Crippen LogP contribution is -2.50. The molecule has 3 amide bonds. The van der Waals surface area contributed by atoms with Crippen molar-refractivity contribution >= 4 is 24.0 Å². The minimum absolute atomic E-state index is 0.102. The van der Waals surface area contributed by atoms with Crippen molar-refractivity contribution in [3.05, 3.63) is 18.3 Å². The monoisotopic (exact) mass is 394 g/mol. The van der Waals surface area contributed by atoms with Crippen LogP contribution in [0.25, 0.3) is 0 Å². The summed E-state index contributed by atoms with van der Waals surface area (Å²) in [4.78, 5) is 40.1. The van der Waals surface area contributed by atoms with Gasteiger partial charge in [-0.1, -0.05) is 33.6 Å². The maximum absolute atomic E-state index is 13.0. The molecule has 0 aromatic carbocycles. The number of carbonyl (C=O) groups excluding carboxylic acids is 3. The van der Waals surface area contributed by atoms with Crippen LogP contribution in [0.3, 0.4) is 0 Å². The molecule has 1 aromatic heterocycles. The molecule has 1 aromatic rings. The van der Waals surface area contributed by atoms with Gasteiger partial charge >= 0.3 is 6.03 Å². The van der Waals surface area contributed by atoms with E-state index in [9.17, 15) is 19.6 Å². The van der Waals surface area contributed by atoms with Crippen LogP contribution in [-0.4, -0.2) is 53.2 Å². The number of hydrogen-bond acceptors (Lipinski definition) is 6. The van der Waals surface area contributed by atoms with Crippen LogP contribution in [-0.2, 0) is 9.59 Å². The van der Waals surface area contributed by atoms with Crippen molar-refractivity contribution in [2.45, 2.75) is 46.1 Å². The molecule has 0 aliphatic heterocycles. The Morgan fingerprint density at radius 3 is 2.57 bits per heavy atom. The number of Topliss-reactive ketones (excluding diaryl/α,β-unsaturated/α-hetero) is 1. The van der Waals surface area contributed by atoms with E-state index in [0.717, 1.165) is 12.8 Å². The summed E-state index contributed by atoms with van der Waals surface area (Å²) >= 11 is 0. The van der Waals surface area contributed by atoms with Gasteiger partial charge in [-0.15, -0.1) is 0 Å². The van der Waals surface area contributed by atoms with Crippen molar-refractivity contribution in [2.75, 3.05) is 19.0 Å². The molecule has 9 heteroatoms. The topological polar surface area (TPSA) is 121 Å². The van der Waals surface area contributed by atoms with Gasteiger partial charge in [0.1, 0.15) is 11.6 Å². The second-order valence-corrected chi connectivity index (χ2v) is 6.87. The van der Waals surface area contributed by atoms with Crippen molar-refractivity contribution in [1.82, 2.24) is 15.4 Å². The zero-order chi connectivity index (χ0) is 21.1. The number of hydroxylamine groups is 2. The van der Waals surface area contributed by atoms with E-state index in [1.54, 1.807) is 12.1 Å². The second kappa shape index (κ2) is 11.9. The predicted molar refractivity (Wildman–Crippen MR) is 104 cm³/mol. The number of pyridine rings is 1. The minimum Gasteiger partial charge on any atom is -0.495 e. The summed E-state index contributed by atoms with van der Waals surface area (Å²) in [7, 11) is 1.52. The molecule has 0 unspecified atom stereocenters. The Kier molecular flexibility index (Phi) is 9.94. The summed E-state index contributed by atoms with van der Waals surface area (Å²) in [6, 6.07) is 1.92. The Bertz CT molecular complexity index is 636. The predicted octanol–water partition coefficient (Wildman–Crippen LogP) is 2.46. The van der Waals surface area contributed by atoms with Crippen molar-refractivity contribution in [2.24, 2.45) is 11.8 Å². The molecule has 0 saturated heterocycles. The first kappa shape index (κ1) is 23.4. The van der Waals surface area contributed by atoms with Crippen LogP contribution in [0.2, 0.25) is 0 Å². The number of nitrogens with one attached hydrogen (secondary N) is 2. The highest BCUT2D eigenvalue weighted by molar-refractivity contribution is 5.94. The maximum atomic E-state index is 13.0. The summed E-state index contributed by atoms with van der Waals surface area (Å²) in [6.45, 7) is 5.53. The van der Waals surface area contributed by atoms with Gasteiger partial charge in [-0.2, -0.15) is 0 Å². The van der Waals surface area contributed by atoms with Gasteiger partial charge < -0.3 is 10.1 Å². The molecule has 156 valence electrons. The Balaban J connectivity index is 2.82. The van der Waals surface area contributed by atoms with Gasteiger partial charge in [-0.3, -0.25) is 20.1 Å². The van der Waals surface area contributed by atoms with Crippen LogP contribution < -0.4 is 15.4 Å². The Morgan fingerprint density at radius 2 is 2.07 bits per heavy atom. The molecule has 3 N–H and O–H groups in total. The fourth-order valence-electron chi connectivity index (χ4n) is 2.73. The first-order chi connectivity index (χ1) is 13.3. The van der Waals surface area contributed by atoms with Crippen LogP contribution >= 0.6 is 0 Å². The fourth-order valence-corrected chi connectivity index (χ4v) is 2.73. The third-order valence-electron chi connectivity index (χ3n) is 4.31. The zero-order valence-corrected chi connectivity index (χ0v) is 16.8. The third kappa shape index (κ3) is 7.51. The Morgan fingerprint density at radius 1 is 1.36 bits per heavy atom. The van der Waals surface area contributed by atoms with E-state index in [0.29, 0.717) is 23.1 Å². The number of methoxy groups -OCH3 is 1. The van der Waals surface area contributed by atoms with Gasteiger partial charge in [0.25, 0.3) is 0 Å². The number of ether oxygens (including phenoxy) is 1. The Hall–Kier alpha value is -2.68. The van der Waals surface area contributed by atoms with Crippen molar-refractivity contribution < 1.29 is 24.3 Å². The molecule has 0 aliphatic carbocycles. The van der Waals surface area contributed by atoms with Crippen molar-refractivity contribution in [1.29, 1.82) is 0 Å². The first-order valence-corrected chi connectivity index (χ1v) is 9.34. The summed E-state index contributed by atoms with van der Waals surface area (Å²) in [5, 5.41) is 15.2. The van der Waals surface area contributed by atoms with Gasteiger partial charge in [0.05, 0.1) is 25.9 Å². The SMILES string of the molecule is CCCC[C@@H](CN(O)C=O)C(=O)[C@@H](NC(=O)Nc1ccc(OC)cn1)C(C)C. The average molecular weight is 394 g/mol. The van der Waals surface area contributed by atoms with E-state index in [1.165, 1.54) is 13.3 Å². The average Bonchev–Trinajstić information content (AvgIpc) is 2.68. The minimum atomic E-state index is -0.764. The van der Waals surface area contributed by atoms with Crippen molar-refractivity contribution in [3.63, 3.8) is 0 Å². The molecule has 0 spiro atoms. The number of amides is 3. The normalized spacial score (nSPS) is 12.8. The number of aromatic nitrogens is 1. The van der Waals surface area contributed by atoms with Gasteiger partial charge in [-0.05, 0) is 24.5 Å². The lowest BCUT2D eigenvalue weighted by molar-refractivity contribution is -0.154. The molecule has 0 radical (unpaired) electrons. The van der Waals surface area contributed by atoms with Gasteiger partial charge in [-0.25, -0.2) is 14.8 Å². The molecule has 2 atom stereocenters. The number of anilines is 1. The number of carbonyl (C=O) groups is 3. The van der Waals surface area contributed by atoms with E-state index in [2.05, 4.69) is 15.6 Å². The molecule has 1 rings (SSSR count). The molecular weight excluding hydrogens is 364 g/mol. The van der Waals surface area contributed by atoms with Crippen LogP contribution in [0.1, 0.15) is 40.0 Å². The molecule has 0 aliphatic rings. The number of nitrogens with zero attached hydrogens (tertiary/aromatic N) is 2. The number of urea groups is 1. The smallest absolute Gasteiger partial charge is 0.320 e. The molecule has 0 bridgehead atoms. The standard InChI is InChI=1S/C19H30N4O5/c1-5-6-7-14(11-23(27)12-24)18(25)17(13(2)3)22-19(26)21-16-9-8-15(28-4)10-20-16/h8-10,12-14,17,27H,5-7,11H2,1-4H3,(H2,20,21,22,26)/t14-,17-/m0/s1. The largest absolute Gasteiger partial charge is 0.495 e. The van der Waals surface area contributed by atoms with E-state index in [1.807, 2.05) is 20.8 Å². The van der Waals surface area contributed by atoms with Crippen LogP contribution in [0.5, 0.6) is 5.75 Å². The van der Waals surface area contributed by atoms with Crippen LogP contribution in [0.4, 0.5) is 10.6 Å². The second-order valence-electron chi connectivity index (χ2n) is 6.87. The summed E-state index contributed by atoms with van der Waals surface area (Å²) < 4.78 is 5.02. The lowest BCUT2D eigenvalue weighted by atomic mass is 9.87. The third-order valence-corrected chi connectivity index (χ3v) is 4.31. The fraction of sp³-hybridized carbons (Fsp3) is 0.579. The van der Waals surface area contributed by atoms with Gasteiger partial charge in [0, 0.05) is 5.92 Å². The van der Waals surface area contributed by atoms with Crippen LogP contribution in [0.15, 0.2) is 18.3 Å². The van der Waals surface area contributed by atoms with Crippen LogP contribution in [0, 0.1) is 11.8 Å². The summed E-state index contributed by atoms with van der Waals surface area (Å²) in [6.07, 6.45) is 3.91. The summed E-state index contributed by atoms with van der Waals surface area (Å²) in [5.41, 5.74) is 0. The zero-order valence-electron chi connectivity index (χ0n) is 16.8. The quantitative estimate of drug-likeness (QED) is 0.284. The number of rotatable bonds is 12.